The molecule has 0 aliphatic rings. The molecule has 0 aromatic rings. The summed E-state index contributed by atoms with van der Waals surface area (Å²) in [5, 5.41) is 17.1. The van der Waals surface area contributed by atoms with Gasteiger partial charge in [-0.3, -0.25) is 0 Å². The van der Waals surface area contributed by atoms with Gasteiger partial charge in [-0.05, 0) is 12.3 Å². The standard InChI is InChI=1S/C10H15NO2/c1-3-8(4-2)7-9(5-6-11)10(12)13/h5,8H,3-4,7H2,1-2H3,(H,12,13)/b9-5-. The smallest absolute Gasteiger partial charge is 0.332 e. The second-order valence-electron chi connectivity index (χ2n) is 2.99. The minimum atomic E-state index is -0.978. The first-order valence-corrected chi connectivity index (χ1v) is 4.47. The molecule has 0 aliphatic heterocycles. The predicted octanol–water partition coefficient (Wildman–Crippen LogP) is 2.35. The maximum absolute atomic E-state index is 10.6. The number of allylic oxidation sites excluding steroid dienone is 1. The molecule has 0 bridgehead atoms. The molecule has 72 valence electrons. The van der Waals surface area contributed by atoms with E-state index in [0.29, 0.717) is 12.3 Å². The average Bonchev–Trinajstić information content (AvgIpc) is 2.11. The molecule has 0 spiro atoms. The Hall–Kier alpha value is -1.30. The summed E-state index contributed by atoms with van der Waals surface area (Å²) in [4.78, 5) is 10.6. The topological polar surface area (TPSA) is 61.1 Å². The molecule has 13 heavy (non-hydrogen) atoms. The van der Waals surface area contributed by atoms with Crippen LogP contribution in [0.3, 0.4) is 0 Å². The molecule has 0 amide bonds. The van der Waals surface area contributed by atoms with E-state index in [1.807, 2.05) is 13.8 Å². The fraction of sp³-hybridized carbons (Fsp3) is 0.600. The van der Waals surface area contributed by atoms with E-state index in [1.165, 1.54) is 0 Å². The van der Waals surface area contributed by atoms with E-state index in [-0.39, 0.29) is 5.57 Å². The van der Waals surface area contributed by atoms with Gasteiger partial charge in [-0.1, -0.05) is 26.7 Å². The van der Waals surface area contributed by atoms with Gasteiger partial charge in [-0.2, -0.15) is 5.26 Å². The lowest BCUT2D eigenvalue weighted by molar-refractivity contribution is -0.132. The zero-order chi connectivity index (χ0) is 10.3. The van der Waals surface area contributed by atoms with E-state index >= 15 is 0 Å². The number of carbonyl (C=O) groups is 1. The van der Waals surface area contributed by atoms with Crippen molar-refractivity contribution in [2.24, 2.45) is 5.92 Å². The quantitative estimate of drug-likeness (QED) is 0.523. The SMILES string of the molecule is CCC(CC)C/C(=C/C#N)C(=O)O. The molecule has 0 aromatic carbocycles. The minimum Gasteiger partial charge on any atom is -0.478 e. The third-order valence-electron chi connectivity index (χ3n) is 2.18. The van der Waals surface area contributed by atoms with E-state index in [0.717, 1.165) is 18.9 Å². The van der Waals surface area contributed by atoms with Gasteiger partial charge in [0, 0.05) is 11.6 Å². The first-order valence-electron chi connectivity index (χ1n) is 4.47. The molecule has 0 heterocycles. The van der Waals surface area contributed by atoms with Gasteiger partial charge in [0.05, 0.1) is 6.07 Å². The Morgan fingerprint density at radius 2 is 2.08 bits per heavy atom. The third kappa shape index (κ3) is 4.32. The summed E-state index contributed by atoms with van der Waals surface area (Å²) in [6.07, 6.45) is 3.52. The van der Waals surface area contributed by atoms with E-state index < -0.39 is 5.97 Å². The van der Waals surface area contributed by atoms with Crippen LogP contribution in [-0.2, 0) is 4.79 Å². The van der Waals surface area contributed by atoms with Crippen molar-refractivity contribution in [3.8, 4) is 6.07 Å². The fourth-order valence-corrected chi connectivity index (χ4v) is 1.17. The summed E-state index contributed by atoms with van der Waals surface area (Å²) in [5.41, 5.74) is 0.219. The first kappa shape index (κ1) is 11.7. The second kappa shape index (κ2) is 6.24. The number of aliphatic carboxylic acids is 1. The van der Waals surface area contributed by atoms with Gasteiger partial charge in [-0.25, -0.2) is 4.79 Å². The van der Waals surface area contributed by atoms with Gasteiger partial charge >= 0.3 is 5.97 Å². The summed E-state index contributed by atoms with van der Waals surface area (Å²) in [5.74, 6) is -0.607. The number of hydrogen-bond donors (Lipinski definition) is 1. The maximum atomic E-state index is 10.6. The van der Waals surface area contributed by atoms with Gasteiger partial charge in [0.2, 0.25) is 0 Å². The molecule has 0 fully saturated rings. The summed E-state index contributed by atoms with van der Waals surface area (Å²) < 4.78 is 0. The van der Waals surface area contributed by atoms with E-state index in [2.05, 4.69) is 0 Å². The zero-order valence-corrected chi connectivity index (χ0v) is 8.08. The Balaban J connectivity index is 4.36. The highest BCUT2D eigenvalue weighted by Crippen LogP contribution is 2.18. The fourth-order valence-electron chi connectivity index (χ4n) is 1.17. The summed E-state index contributed by atoms with van der Waals surface area (Å²) in [6.45, 7) is 4.06. The van der Waals surface area contributed by atoms with E-state index in [4.69, 9.17) is 10.4 Å². The maximum Gasteiger partial charge on any atom is 0.332 e. The first-order chi connectivity index (χ1) is 6.15. The number of nitrogens with zero attached hydrogens (tertiary/aromatic N) is 1. The summed E-state index contributed by atoms with van der Waals surface area (Å²) in [6, 6.07) is 1.76. The Bertz CT molecular complexity index is 234. The third-order valence-corrected chi connectivity index (χ3v) is 2.18. The number of carboxylic acids is 1. The van der Waals surface area contributed by atoms with Crippen molar-refractivity contribution in [2.45, 2.75) is 33.1 Å². The van der Waals surface area contributed by atoms with Crippen molar-refractivity contribution in [2.75, 3.05) is 0 Å². The van der Waals surface area contributed by atoms with Gasteiger partial charge in [0.25, 0.3) is 0 Å². The van der Waals surface area contributed by atoms with E-state index in [9.17, 15) is 4.79 Å². The van der Waals surface area contributed by atoms with Gasteiger partial charge in [-0.15, -0.1) is 0 Å². The number of carboxylic acid groups (broad SMARTS) is 1. The molecular formula is C10H15NO2. The second-order valence-corrected chi connectivity index (χ2v) is 2.99. The van der Waals surface area contributed by atoms with Crippen molar-refractivity contribution in [3.05, 3.63) is 11.6 Å². The molecule has 3 heteroatoms. The Morgan fingerprint density at radius 1 is 1.54 bits per heavy atom. The molecule has 0 radical (unpaired) electrons. The average molecular weight is 181 g/mol. The predicted molar refractivity (Wildman–Crippen MR) is 50.0 cm³/mol. The largest absolute Gasteiger partial charge is 0.478 e. The highest BCUT2D eigenvalue weighted by atomic mass is 16.4. The molecule has 0 aliphatic carbocycles. The highest BCUT2D eigenvalue weighted by Gasteiger charge is 2.12. The Kier molecular flexibility index (Phi) is 5.62. The van der Waals surface area contributed by atoms with Crippen LogP contribution in [0, 0.1) is 17.2 Å². The van der Waals surface area contributed by atoms with Gasteiger partial charge < -0.3 is 5.11 Å². The monoisotopic (exact) mass is 181 g/mol. The van der Waals surface area contributed by atoms with Crippen LogP contribution in [0.15, 0.2) is 11.6 Å². The Labute approximate surface area is 78.7 Å². The molecule has 0 aromatic heterocycles. The minimum absolute atomic E-state index is 0.219. The van der Waals surface area contributed by atoms with E-state index in [1.54, 1.807) is 6.07 Å². The molecule has 0 rings (SSSR count). The molecule has 0 saturated heterocycles. The van der Waals surface area contributed by atoms with Gasteiger partial charge in [0.15, 0.2) is 0 Å². The lowest BCUT2D eigenvalue weighted by Crippen LogP contribution is -2.06. The van der Waals surface area contributed by atoms with Crippen LogP contribution in [0.25, 0.3) is 0 Å². The van der Waals surface area contributed by atoms with Crippen LogP contribution in [0.4, 0.5) is 0 Å². The molecule has 1 N–H and O–H groups in total. The Morgan fingerprint density at radius 3 is 2.38 bits per heavy atom. The van der Waals surface area contributed by atoms with Crippen molar-refractivity contribution in [3.63, 3.8) is 0 Å². The zero-order valence-electron chi connectivity index (χ0n) is 8.08. The van der Waals surface area contributed by atoms with Crippen molar-refractivity contribution in [1.82, 2.24) is 0 Å². The van der Waals surface area contributed by atoms with Crippen LogP contribution >= 0.6 is 0 Å². The van der Waals surface area contributed by atoms with Crippen LogP contribution < -0.4 is 0 Å². The van der Waals surface area contributed by atoms with Crippen molar-refractivity contribution < 1.29 is 9.90 Å². The number of rotatable bonds is 5. The summed E-state index contributed by atoms with van der Waals surface area (Å²) in [7, 11) is 0. The normalized spacial score (nSPS) is 11.4. The molecule has 3 nitrogen and oxygen atoms in total. The van der Waals surface area contributed by atoms with Crippen LogP contribution in [0.1, 0.15) is 33.1 Å². The molecule has 0 saturated carbocycles. The number of hydrogen-bond acceptors (Lipinski definition) is 2. The lowest BCUT2D eigenvalue weighted by atomic mass is 9.94. The molecule has 0 atom stereocenters. The number of nitriles is 1. The van der Waals surface area contributed by atoms with Gasteiger partial charge in [0.1, 0.15) is 0 Å². The lowest BCUT2D eigenvalue weighted by Gasteiger charge is -2.11. The highest BCUT2D eigenvalue weighted by molar-refractivity contribution is 5.87. The van der Waals surface area contributed by atoms with Crippen LogP contribution in [0.2, 0.25) is 0 Å². The molecule has 0 unspecified atom stereocenters. The van der Waals surface area contributed by atoms with Crippen molar-refractivity contribution >= 4 is 5.97 Å². The van der Waals surface area contributed by atoms with Crippen LogP contribution in [-0.4, -0.2) is 11.1 Å². The molecular weight excluding hydrogens is 166 g/mol. The van der Waals surface area contributed by atoms with Crippen molar-refractivity contribution in [1.29, 1.82) is 5.26 Å². The van der Waals surface area contributed by atoms with Crippen LogP contribution in [0.5, 0.6) is 0 Å². The summed E-state index contributed by atoms with van der Waals surface area (Å²) >= 11 is 0.